The maximum atomic E-state index is 11.9. The summed E-state index contributed by atoms with van der Waals surface area (Å²) in [6.07, 6.45) is 2.42. The number of ether oxygens (including phenoxy) is 2. The molecule has 1 fully saturated rings. The Morgan fingerprint density at radius 2 is 2.04 bits per heavy atom. The van der Waals surface area contributed by atoms with Crippen molar-refractivity contribution in [1.29, 1.82) is 0 Å². The summed E-state index contributed by atoms with van der Waals surface area (Å²) in [4.78, 5) is 34.5. The zero-order chi connectivity index (χ0) is 18.9. The molecule has 0 bridgehead atoms. The van der Waals surface area contributed by atoms with Crippen LogP contribution in [0, 0.1) is 0 Å². The summed E-state index contributed by atoms with van der Waals surface area (Å²) >= 11 is 0. The summed E-state index contributed by atoms with van der Waals surface area (Å²) in [5.74, 6) is -1.78. The first-order chi connectivity index (χ1) is 12.5. The predicted molar refractivity (Wildman–Crippen MR) is 94.0 cm³/mol. The Balaban J connectivity index is 1.71. The lowest BCUT2D eigenvalue weighted by Crippen LogP contribution is -2.38. The SMILES string of the molecule is CC(NC(=O)c1ccc(NC(=O)CCOCC2CCCO2)cc1)C(=O)O. The van der Waals surface area contributed by atoms with Crippen molar-refractivity contribution in [2.75, 3.05) is 25.1 Å². The lowest BCUT2D eigenvalue weighted by molar-refractivity contribution is -0.138. The van der Waals surface area contributed by atoms with Crippen molar-refractivity contribution in [1.82, 2.24) is 5.32 Å². The van der Waals surface area contributed by atoms with Crippen LogP contribution < -0.4 is 10.6 Å². The fraction of sp³-hybridized carbons (Fsp3) is 0.500. The number of aliphatic carboxylic acids is 1. The maximum Gasteiger partial charge on any atom is 0.325 e. The smallest absolute Gasteiger partial charge is 0.325 e. The highest BCUT2D eigenvalue weighted by atomic mass is 16.5. The zero-order valence-corrected chi connectivity index (χ0v) is 14.7. The fourth-order valence-corrected chi connectivity index (χ4v) is 2.43. The average Bonchev–Trinajstić information content (AvgIpc) is 3.12. The lowest BCUT2D eigenvalue weighted by Gasteiger charge is -2.11. The minimum absolute atomic E-state index is 0.139. The molecule has 0 aromatic heterocycles. The van der Waals surface area contributed by atoms with Gasteiger partial charge in [0.2, 0.25) is 5.91 Å². The van der Waals surface area contributed by atoms with Gasteiger partial charge in [0.25, 0.3) is 5.91 Å². The van der Waals surface area contributed by atoms with Crippen LogP contribution in [0.5, 0.6) is 0 Å². The van der Waals surface area contributed by atoms with Crippen LogP contribution in [0.15, 0.2) is 24.3 Å². The highest BCUT2D eigenvalue weighted by molar-refractivity contribution is 5.97. The van der Waals surface area contributed by atoms with Gasteiger partial charge in [-0.15, -0.1) is 0 Å². The number of carbonyl (C=O) groups excluding carboxylic acids is 2. The van der Waals surface area contributed by atoms with E-state index in [-0.39, 0.29) is 18.4 Å². The van der Waals surface area contributed by atoms with Crippen molar-refractivity contribution in [3.8, 4) is 0 Å². The largest absolute Gasteiger partial charge is 0.480 e. The molecular formula is C18H24N2O6. The van der Waals surface area contributed by atoms with Gasteiger partial charge in [-0.3, -0.25) is 14.4 Å². The van der Waals surface area contributed by atoms with Crippen molar-refractivity contribution in [3.05, 3.63) is 29.8 Å². The van der Waals surface area contributed by atoms with Gasteiger partial charge in [0.05, 0.1) is 25.7 Å². The zero-order valence-electron chi connectivity index (χ0n) is 14.7. The predicted octanol–water partition coefficient (Wildman–Crippen LogP) is 1.41. The third-order valence-corrected chi connectivity index (χ3v) is 3.95. The molecule has 8 nitrogen and oxygen atoms in total. The molecule has 26 heavy (non-hydrogen) atoms. The number of carbonyl (C=O) groups is 3. The Morgan fingerprint density at radius 1 is 1.31 bits per heavy atom. The van der Waals surface area contributed by atoms with Gasteiger partial charge in [-0.2, -0.15) is 0 Å². The van der Waals surface area contributed by atoms with E-state index in [4.69, 9.17) is 14.6 Å². The Labute approximate surface area is 151 Å². The first-order valence-electron chi connectivity index (χ1n) is 8.58. The van der Waals surface area contributed by atoms with Crippen LogP contribution in [0.1, 0.15) is 36.5 Å². The number of rotatable bonds is 9. The van der Waals surface area contributed by atoms with Crippen LogP contribution in [0.4, 0.5) is 5.69 Å². The third-order valence-electron chi connectivity index (χ3n) is 3.95. The summed E-state index contributed by atoms with van der Waals surface area (Å²) in [5, 5.41) is 13.9. The standard InChI is InChI=1S/C18H24N2O6/c1-12(18(23)24)19-17(22)13-4-6-14(7-5-13)20-16(21)8-10-25-11-15-3-2-9-26-15/h4-7,12,15H,2-3,8-11H2,1H3,(H,19,22)(H,20,21)(H,23,24). The summed E-state index contributed by atoms with van der Waals surface area (Å²) in [7, 11) is 0. The van der Waals surface area contributed by atoms with E-state index in [0.29, 0.717) is 24.5 Å². The maximum absolute atomic E-state index is 11.9. The van der Waals surface area contributed by atoms with Crippen molar-refractivity contribution in [2.24, 2.45) is 0 Å². The van der Waals surface area contributed by atoms with Crippen LogP contribution >= 0.6 is 0 Å². The van der Waals surface area contributed by atoms with E-state index >= 15 is 0 Å². The molecule has 0 saturated carbocycles. The minimum Gasteiger partial charge on any atom is -0.480 e. The van der Waals surface area contributed by atoms with E-state index in [9.17, 15) is 14.4 Å². The van der Waals surface area contributed by atoms with Gasteiger partial charge in [0.1, 0.15) is 6.04 Å². The monoisotopic (exact) mass is 364 g/mol. The van der Waals surface area contributed by atoms with Crippen LogP contribution in [0.2, 0.25) is 0 Å². The first-order valence-corrected chi connectivity index (χ1v) is 8.58. The van der Waals surface area contributed by atoms with Crippen LogP contribution in [-0.2, 0) is 19.1 Å². The molecule has 2 unspecified atom stereocenters. The highest BCUT2D eigenvalue weighted by Crippen LogP contribution is 2.12. The molecule has 0 spiro atoms. The van der Waals surface area contributed by atoms with E-state index in [0.717, 1.165) is 19.4 Å². The van der Waals surface area contributed by atoms with E-state index in [1.165, 1.54) is 19.1 Å². The van der Waals surface area contributed by atoms with E-state index in [1.807, 2.05) is 0 Å². The third kappa shape index (κ3) is 6.45. The Hall–Kier alpha value is -2.45. The molecule has 1 aromatic carbocycles. The molecule has 1 aliphatic heterocycles. The quantitative estimate of drug-likeness (QED) is 0.571. The van der Waals surface area contributed by atoms with Gasteiger partial charge < -0.3 is 25.2 Å². The van der Waals surface area contributed by atoms with Crippen LogP contribution in [0.3, 0.4) is 0 Å². The van der Waals surface area contributed by atoms with E-state index < -0.39 is 17.9 Å². The van der Waals surface area contributed by atoms with Gasteiger partial charge >= 0.3 is 5.97 Å². The average molecular weight is 364 g/mol. The van der Waals surface area contributed by atoms with Crippen molar-refractivity contribution in [2.45, 2.75) is 38.3 Å². The number of anilines is 1. The Bertz CT molecular complexity index is 625. The molecule has 0 aliphatic carbocycles. The molecule has 1 heterocycles. The van der Waals surface area contributed by atoms with Crippen molar-refractivity contribution >= 4 is 23.5 Å². The number of nitrogens with one attached hydrogen (secondary N) is 2. The number of carboxylic acid groups (broad SMARTS) is 1. The van der Waals surface area contributed by atoms with Crippen LogP contribution in [-0.4, -0.2) is 54.9 Å². The van der Waals surface area contributed by atoms with E-state index in [2.05, 4.69) is 10.6 Å². The lowest BCUT2D eigenvalue weighted by atomic mass is 10.2. The van der Waals surface area contributed by atoms with Crippen LogP contribution in [0.25, 0.3) is 0 Å². The molecule has 1 aliphatic rings. The molecule has 1 aromatic rings. The fourth-order valence-electron chi connectivity index (χ4n) is 2.43. The molecule has 2 amide bonds. The van der Waals surface area contributed by atoms with Crippen molar-refractivity contribution < 1.29 is 29.0 Å². The van der Waals surface area contributed by atoms with Gasteiger partial charge in [0, 0.05) is 17.9 Å². The number of amides is 2. The Morgan fingerprint density at radius 3 is 2.65 bits per heavy atom. The second kappa shape index (κ2) is 9.88. The Kier molecular flexibility index (Phi) is 7.55. The topological polar surface area (TPSA) is 114 Å². The highest BCUT2D eigenvalue weighted by Gasteiger charge is 2.16. The van der Waals surface area contributed by atoms with Gasteiger partial charge in [-0.25, -0.2) is 0 Å². The van der Waals surface area contributed by atoms with Gasteiger partial charge in [-0.1, -0.05) is 0 Å². The second-order valence-electron chi connectivity index (χ2n) is 6.12. The van der Waals surface area contributed by atoms with E-state index in [1.54, 1.807) is 12.1 Å². The molecule has 3 N–H and O–H groups in total. The summed E-state index contributed by atoms with van der Waals surface area (Å²) < 4.78 is 10.9. The molecular weight excluding hydrogens is 340 g/mol. The molecule has 1 saturated heterocycles. The summed E-state index contributed by atoms with van der Waals surface area (Å²) in [6.45, 7) is 2.98. The summed E-state index contributed by atoms with van der Waals surface area (Å²) in [5.41, 5.74) is 0.868. The van der Waals surface area contributed by atoms with Gasteiger partial charge in [0.15, 0.2) is 0 Å². The normalized spacial score (nSPS) is 17.5. The second-order valence-corrected chi connectivity index (χ2v) is 6.12. The number of hydrogen-bond acceptors (Lipinski definition) is 5. The molecule has 142 valence electrons. The molecule has 2 atom stereocenters. The first kappa shape index (κ1) is 19.9. The number of hydrogen-bond donors (Lipinski definition) is 3. The number of benzene rings is 1. The molecule has 8 heteroatoms. The molecule has 2 rings (SSSR count). The summed E-state index contributed by atoms with van der Waals surface area (Å²) in [6, 6.07) is 5.24. The molecule has 0 radical (unpaired) electrons. The van der Waals surface area contributed by atoms with Crippen molar-refractivity contribution in [3.63, 3.8) is 0 Å². The minimum atomic E-state index is -1.11. The van der Waals surface area contributed by atoms with Gasteiger partial charge in [-0.05, 0) is 44.0 Å². The number of carboxylic acids is 1.